The zero-order chi connectivity index (χ0) is 45.3. The third-order valence-electron chi connectivity index (χ3n) is 12.2. The lowest BCUT2D eigenvalue weighted by Crippen LogP contribution is -2.27. The van der Waals surface area contributed by atoms with Crippen LogP contribution in [0.3, 0.4) is 0 Å². The molecule has 8 rings (SSSR count). The van der Waals surface area contributed by atoms with Crippen LogP contribution in [0.15, 0.2) is 193 Å². The number of aliphatic hydroxyl groups is 1. The van der Waals surface area contributed by atoms with Crippen LogP contribution in [0.25, 0.3) is 0 Å². The van der Waals surface area contributed by atoms with Gasteiger partial charge >= 0.3 is 0 Å². The molecule has 0 fully saturated rings. The molecule has 0 radical (unpaired) electrons. The maximum atomic E-state index is 10.2. The third-order valence-corrected chi connectivity index (χ3v) is 12.2. The second-order valence-corrected chi connectivity index (χ2v) is 16.4. The summed E-state index contributed by atoms with van der Waals surface area (Å²) >= 11 is 0. The van der Waals surface area contributed by atoms with Gasteiger partial charge in [0.25, 0.3) is 0 Å². The second-order valence-electron chi connectivity index (χ2n) is 16.4. The van der Waals surface area contributed by atoms with E-state index in [9.17, 15) is 30.6 Å². The van der Waals surface area contributed by atoms with Gasteiger partial charge < -0.3 is 44.8 Å². The quantitative estimate of drug-likeness (QED) is 0.0526. The second kappa shape index (κ2) is 20.3. The van der Waals surface area contributed by atoms with Crippen LogP contribution in [-0.2, 0) is 4.74 Å². The summed E-state index contributed by atoms with van der Waals surface area (Å²) < 4.78 is 18.3. The molecule has 7 aromatic rings. The number of phenolic OH excluding ortho intramolecular Hbond substituents is 5. The summed E-state index contributed by atoms with van der Waals surface area (Å²) in [5.74, 6) is 1.80. The molecule has 0 heterocycles. The van der Waals surface area contributed by atoms with Crippen LogP contribution in [-0.4, -0.2) is 57.1 Å². The van der Waals surface area contributed by atoms with Crippen molar-refractivity contribution in [1.29, 1.82) is 0 Å². The molecule has 0 saturated carbocycles. The summed E-state index contributed by atoms with van der Waals surface area (Å²) in [5.41, 5.74) is 8.11. The Morgan fingerprint density at radius 2 is 0.631 bits per heavy atom. The summed E-state index contributed by atoms with van der Waals surface area (Å²) in [6.07, 6.45) is 4.58. The standard InChI is InChI=1S/C56H52O9/c1-63-52(34-64-50-30-14-42(15-31-50)55(40-10-26-48(61)27-11-40)53(36-2-18-44(57)19-3-36)37-4-20-45(58)21-5-37)35-65-51-32-16-43(17-33-51)56(41-12-28-49(62)29-13-41)54(38-6-22-46(59)23-7-38)39-8-24-47(60)25-9-39/h2-8,10-24,26-33,52-62H,9,25,34-35H2,1H3. The third kappa shape index (κ3) is 10.8. The number of phenols is 5. The average Bonchev–Trinajstić information content (AvgIpc) is 3.33. The van der Waals surface area contributed by atoms with Gasteiger partial charge in [-0.25, -0.2) is 0 Å². The molecular formula is C56H52O9. The van der Waals surface area contributed by atoms with Gasteiger partial charge in [0, 0.05) is 37.2 Å². The molecular weight excluding hydrogens is 817 g/mol. The minimum Gasteiger partial charge on any atom is -0.512 e. The lowest BCUT2D eigenvalue weighted by atomic mass is 9.71. The number of aromatic hydroxyl groups is 5. The van der Waals surface area contributed by atoms with E-state index in [1.165, 1.54) is 0 Å². The zero-order valence-corrected chi connectivity index (χ0v) is 35.9. The molecule has 0 amide bonds. The fraction of sp³-hybridized carbons (Fsp3) is 0.179. The maximum Gasteiger partial charge on any atom is 0.125 e. The molecule has 330 valence electrons. The number of rotatable bonds is 17. The van der Waals surface area contributed by atoms with Gasteiger partial charge in [0.2, 0.25) is 0 Å². The molecule has 1 aliphatic rings. The van der Waals surface area contributed by atoms with Crippen molar-refractivity contribution in [3.8, 4) is 40.2 Å². The van der Waals surface area contributed by atoms with Crippen molar-refractivity contribution < 1.29 is 44.8 Å². The number of benzene rings is 7. The molecule has 4 atom stereocenters. The summed E-state index contributed by atoms with van der Waals surface area (Å²) in [4.78, 5) is 0. The predicted octanol–water partition coefficient (Wildman–Crippen LogP) is 11.7. The topological polar surface area (TPSA) is 149 Å². The van der Waals surface area contributed by atoms with E-state index < -0.39 is 0 Å². The van der Waals surface area contributed by atoms with E-state index in [0.717, 1.165) is 44.5 Å². The first-order valence-corrected chi connectivity index (χ1v) is 21.6. The van der Waals surface area contributed by atoms with Crippen molar-refractivity contribution in [2.45, 2.75) is 42.6 Å². The molecule has 6 N–H and O–H groups in total. The Labute approximate surface area is 379 Å². The largest absolute Gasteiger partial charge is 0.512 e. The van der Waals surface area contributed by atoms with E-state index in [1.54, 1.807) is 73.8 Å². The number of allylic oxidation sites excluding steroid dienone is 4. The van der Waals surface area contributed by atoms with E-state index in [2.05, 4.69) is 12.1 Å². The van der Waals surface area contributed by atoms with Crippen LogP contribution in [0.2, 0.25) is 0 Å². The molecule has 0 saturated heterocycles. The SMILES string of the molecule is COC(COc1ccc(C(c2ccc(O)cc2)C(C2=CC=C(O)CC2)c2ccc(O)cc2)cc1)COc1ccc(C(c2ccc(O)cc2)C(c2ccc(O)cc2)c2ccc(O)cc2)cc1. The Hall–Kier alpha value is -7.62. The summed E-state index contributed by atoms with van der Waals surface area (Å²) in [6, 6.07) is 51.9. The van der Waals surface area contributed by atoms with Crippen molar-refractivity contribution in [1.82, 2.24) is 0 Å². The smallest absolute Gasteiger partial charge is 0.125 e. The van der Waals surface area contributed by atoms with Gasteiger partial charge in [-0.05, 0) is 136 Å². The van der Waals surface area contributed by atoms with Crippen LogP contribution in [0, 0.1) is 0 Å². The van der Waals surface area contributed by atoms with Gasteiger partial charge in [-0.3, -0.25) is 0 Å². The number of hydrogen-bond donors (Lipinski definition) is 6. The van der Waals surface area contributed by atoms with Crippen LogP contribution < -0.4 is 9.47 Å². The highest BCUT2D eigenvalue weighted by Crippen LogP contribution is 2.47. The first-order chi connectivity index (χ1) is 31.6. The van der Waals surface area contributed by atoms with Gasteiger partial charge in [0.1, 0.15) is 59.6 Å². The molecule has 7 aromatic carbocycles. The van der Waals surface area contributed by atoms with Crippen molar-refractivity contribution >= 4 is 0 Å². The summed E-state index contributed by atoms with van der Waals surface area (Å²) in [6.45, 7) is 0.466. The number of hydrogen-bond acceptors (Lipinski definition) is 9. The van der Waals surface area contributed by atoms with E-state index in [-0.39, 0.29) is 71.7 Å². The average molecular weight is 869 g/mol. The van der Waals surface area contributed by atoms with Crippen LogP contribution >= 0.6 is 0 Å². The van der Waals surface area contributed by atoms with Gasteiger partial charge in [-0.2, -0.15) is 0 Å². The molecule has 4 unspecified atom stereocenters. The number of ether oxygens (including phenoxy) is 3. The Morgan fingerprint density at radius 3 is 0.908 bits per heavy atom. The molecule has 65 heavy (non-hydrogen) atoms. The van der Waals surface area contributed by atoms with Crippen LogP contribution in [0.4, 0.5) is 0 Å². The minimum absolute atomic E-state index is 0.126. The van der Waals surface area contributed by atoms with Gasteiger partial charge in [-0.15, -0.1) is 0 Å². The Balaban J connectivity index is 0.984. The Morgan fingerprint density at radius 1 is 0.354 bits per heavy atom. The number of methoxy groups -OCH3 is 1. The Bertz CT molecular complexity index is 2630. The maximum absolute atomic E-state index is 10.2. The highest BCUT2D eigenvalue weighted by atomic mass is 16.6. The van der Waals surface area contributed by atoms with E-state index in [4.69, 9.17) is 14.2 Å². The normalized spacial score (nSPS) is 14.4. The fourth-order valence-corrected chi connectivity index (χ4v) is 8.77. The predicted molar refractivity (Wildman–Crippen MR) is 252 cm³/mol. The van der Waals surface area contributed by atoms with Gasteiger partial charge in [0.15, 0.2) is 0 Å². The first-order valence-electron chi connectivity index (χ1n) is 21.6. The van der Waals surface area contributed by atoms with Crippen molar-refractivity contribution in [3.05, 3.63) is 232 Å². The highest BCUT2D eigenvalue weighted by Gasteiger charge is 2.31. The van der Waals surface area contributed by atoms with Crippen molar-refractivity contribution in [2.24, 2.45) is 0 Å². The van der Waals surface area contributed by atoms with E-state index in [0.29, 0.717) is 30.1 Å². The summed E-state index contributed by atoms with van der Waals surface area (Å²) in [7, 11) is 1.62. The lowest BCUT2D eigenvalue weighted by molar-refractivity contribution is 0.0237. The highest BCUT2D eigenvalue weighted by molar-refractivity contribution is 5.50. The Kier molecular flexibility index (Phi) is 13.7. The van der Waals surface area contributed by atoms with Gasteiger partial charge in [-0.1, -0.05) is 96.6 Å². The van der Waals surface area contributed by atoms with Gasteiger partial charge in [0.05, 0.1) is 5.76 Å². The van der Waals surface area contributed by atoms with Crippen molar-refractivity contribution in [3.63, 3.8) is 0 Å². The monoisotopic (exact) mass is 868 g/mol. The first kappa shape index (κ1) is 44.0. The van der Waals surface area contributed by atoms with Crippen LogP contribution in [0.1, 0.15) is 75.5 Å². The van der Waals surface area contributed by atoms with Crippen molar-refractivity contribution in [2.75, 3.05) is 20.3 Å². The molecule has 0 aliphatic heterocycles. The summed E-state index contributed by atoms with van der Waals surface area (Å²) in [5, 5.41) is 61.0. The molecule has 0 bridgehead atoms. The lowest BCUT2D eigenvalue weighted by Gasteiger charge is -2.32. The minimum atomic E-state index is -0.390. The zero-order valence-electron chi connectivity index (χ0n) is 35.9. The van der Waals surface area contributed by atoms with E-state index >= 15 is 0 Å². The molecule has 1 aliphatic carbocycles. The molecule has 9 heteroatoms. The molecule has 0 spiro atoms. The van der Waals surface area contributed by atoms with Crippen LogP contribution in [0.5, 0.6) is 40.2 Å². The molecule has 0 aromatic heterocycles. The van der Waals surface area contributed by atoms with E-state index in [1.807, 2.05) is 103 Å². The number of aliphatic hydroxyl groups excluding tert-OH is 1. The fourth-order valence-electron chi connectivity index (χ4n) is 8.77. The molecule has 9 nitrogen and oxygen atoms in total.